The number of phenols is 1. The van der Waals surface area contributed by atoms with Gasteiger partial charge in [-0.2, -0.15) is 0 Å². The third kappa shape index (κ3) is 4.77. The lowest BCUT2D eigenvalue weighted by Gasteiger charge is -2.11. The maximum Gasteiger partial charge on any atom is 0.339 e. The van der Waals surface area contributed by atoms with Crippen LogP contribution in [0, 0.1) is 0 Å². The van der Waals surface area contributed by atoms with Crippen LogP contribution in [0.4, 0.5) is 5.69 Å². The number of hydrogen-bond donors (Lipinski definition) is 4. The molecule has 25 heavy (non-hydrogen) atoms. The minimum atomic E-state index is -1.23. The zero-order chi connectivity index (χ0) is 18.6. The van der Waals surface area contributed by atoms with Crippen LogP contribution in [-0.2, 0) is 0 Å². The van der Waals surface area contributed by atoms with Crippen LogP contribution in [0.1, 0.15) is 46.0 Å². The summed E-state index contributed by atoms with van der Waals surface area (Å²) in [6, 6.07) is 11.1. The molecule has 2 rings (SSSR count). The fourth-order valence-electron chi connectivity index (χ4n) is 2.15. The molecule has 4 N–H and O–H groups in total. The van der Waals surface area contributed by atoms with Crippen LogP contribution < -0.4 is 10.6 Å². The average Bonchev–Trinajstić information content (AvgIpc) is 2.54. The number of rotatable bonds is 4. The van der Waals surface area contributed by atoms with Gasteiger partial charge in [-0.25, -0.2) is 4.79 Å². The van der Waals surface area contributed by atoms with Gasteiger partial charge in [0.1, 0.15) is 11.3 Å². The third-order valence-corrected chi connectivity index (χ3v) is 3.76. The number of aromatic carboxylic acids is 1. The zero-order valence-electron chi connectivity index (χ0n) is 13.7. The number of aromatic hydroxyl groups is 1. The van der Waals surface area contributed by atoms with Gasteiger partial charge in [0.25, 0.3) is 5.91 Å². The number of carboxylic acids is 1. The van der Waals surface area contributed by atoms with Crippen LogP contribution in [0.15, 0.2) is 42.5 Å². The van der Waals surface area contributed by atoms with E-state index in [0.717, 1.165) is 5.56 Å². The Hall–Kier alpha value is -2.93. The van der Waals surface area contributed by atoms with Gasteiger partial charge in [0.2, 0.25) is 0 Å². The van der Waals surface area contributed by atoms with E-state index >= 15 is 0 Å². The standard InChI is InChI=1S/C18H18N2O4S/c1-10(2)11-3-5-12(6-4-11)16(22)20-18(25)19-13-7-8-14(17(23)24)15(21)9-13/h3-10,21H,1-2H3,(H,23,24)(H2,19,20,22,25). The number of hydrogen-bond acceptors (Lipinski definition) is 4. The lowest BCUT2D eigenvalue weighted by molar-refractivity contribution is 0.0693. The highest BCUT2D eigenvalue weighted by molar-refractivity contribution is 7.80. The Balaban J connectivity index is 2.01. The summed E-state index contributed by atoms with van der Waals surface area (Å²) in [4.78, 5) is 23.0. The SMILES string of the molecule is CC(C)c1ccc(C(=O)NC(=S)Nc2ccc(C(=O)O)c(O)c2)cc1. The van der Waals surface area contributed by atoms with Crippen LogP contribution in [0.5, 0.6) is 5.75 Å². The van der Waals surface area contributed by atoms with Crippen molar-refractivity contribution in [2.45, 2.75) is 19.8 Å². The van der Waals surface area contributed by atoms with Gasteiger partial charge in [-0.3, -0.25) is 10.1 Å². The Morgan fingerprint density at radius 1 is 1.08 bits per heavy atom. The van der Waals surface area contributed by atoms with Crippen molar-refractivity contribution in [2.75, 3.05) is 5.32 Å². The summed E-state index contributed by atoms with van der Waals surface area (Å²) >= 11 is 5.07. The van der Waals surface area contributed by atoms with Crippen molar-refractivity contribution in [3.05, 3.63) is 59.2 Å². The molecule has 7 heteroatoms. The molecule has 0 bridgehead atoms. The number of anilines is 1. The Labute approximate surface area is 150 Å². The van der Waals surface area contributed by atoms with E-state index in [-0.39, 0.29) is 16.6 Å². The summed E-state index contributed by atoms with van der Waals surface area (Å²) in [7, 11) is 0. The molecule has 0 aromatic heterocycles. The van der Waals surface area contributed by atoms with E-state index in [1.165, 1.54) is 18.2 Å². The molecule has 2 aromatic rings. The van der Waals surface area contributed by atoms with Gasteiger partial charge in [-0.05, 0) is 48.0 Å². The van der Waals surface area contributed by atoms with E-state index in [4.69, 9.17) is 17.3 Å². The summed E-state index contributed by atoms with van der Waals surface area (Å²) in [5.41, 5.74) is 1.75. The van der Waals surface area contributed by atoms with Crippen molar-refractivity contribution in [1.82, 2.24) is 5.32 Å². The zero-order valence-corrected chi connectivity index (χ0v) is 14.6. The fraction of sp³-hybridized carbons (Fsp3) is 0.167. The highest BCUT2D eigenvalue weighted by Gasteiger charge is 2.12. The van der Waals surface area contributed by atoms with Crippen LogP contribution in [0.25, 0.3) is 0 Å². The van der Waals surface area contributed by atoms with Crippen LogP contribution in [-0.4, -0.2) is 27.2 Å². The van der Waals surface area contributed by atoms with Crippen LogP contribution in [0.3, 0.4) is 0 Å². The number of carbonyl (C=O) groups excluding carboxylic acids is 1. The molecular weight excluding hydrogens is 340 g/mol. The van der Waals surface area contributed by atoms with E-state index in [2.05, 4.69) is 24.5 Å². The first-order valence-corrected chi connectivity index (χ1v) is 7.97. The summed E-state index contributed by atoms with van der Waals surface area (Å²) in [5.74, 6) is -1.61. The Morgan fingerprint density at radius 3 is 2.24 bits per heavy atom. The van der Waals surface area contributed by atoms with E-state index < -0.39 is 11.7 Å². The summed E-state index contributed by atoms with van der Waals surface area (Å²) in [6.45, 7) is 4.14. The highest BCUT2D eigenvalue weighted by atomic mass is 32.1. The molecule has 1 amide bonds. The Kier molecular flexibility index (Phi) is 5.71. The number of thiocarbonyl (C=S) groups is 1. The molecule has 2 aromatic carbocycles. The van der Waals surface area contributed by atoms with Gasteiger partial charge in [-0.15, -0.1) is 0 Å². The topological polar surface area (TPSA) is 98.7 Å². The minimum Gasteiger partial charge on any atom is -0.507 e. The summed E-state index contributed by atoms with van der Waals surface area (Å²) < 4.78 is 0. The van der Waals surface area contributed by atoms with Gasteiger partial charge in [0.15, 0.2) is 5.11 Å². The van der Waals surface area contributed by atoms with E-state index in [1.807, 2.05) is 12.1 Å². The number of carbonyl (C=O) groups is 2. The first-order chi connectivity index (χ1) is 11.8. The number of carboxylic acid groups (broad SMARTS) is 1. The maximum absolute atomic E-state index is 12.2. The molecule has 0 fully saturated rings. The van der Waals surface area contributed by atoms with Gasteiger partial charge in [-0.1, -0.05) is 26.0 Å². The quantitative estimate of drug-likeness (QED) is 0.626. The Morgan fingerprint density at radius 2 is 1.72 bits per heavy atom. The fourth-order valence-corrected chi connectivity index (χ4v) is 2.36. The maximum atomic E-state index is 12.2. The molecule has 0 unspecified atom stereocenters. The van der Waals surface area contributed by atoms with Crippen LogP contribution >= 0.6 is 12.2 Å². The molecule has 0 aliphatic heterocycles. The smallest absolute Gasteiger partial charge is 0.339 e. The first kappa shape index (κ1) is 18.4. The highest BCUT2D eigenvalue weighted by Crippen LogP contribution is 2.22. The number of nitrogens with one attached hydrogen (secondary N) is 2. The van der Waals surface area contributed by atoms with E-state index in [9.17, 15) is 14.7 Å². The van der Waals surface area contributed by atoms with Crippen molar-refractivity contribution >= 4 is 34.9 Å². The second kappa shape index (κ2) is 7.76. The molecular formula is C18H18N2O4S. The van der Waals surface area contributed by atoms with Crippen molar-refractivity contribution in [3.63, 3.8) is 0 Å². The molecule has 0 saturated heterocycles. The normalized spacial score (nSPS) is 10.4. The van der Waals surface area contributed by atoms with Gasteiger partial charge >= 0.3 is 5.97 Å². The molecule has 0 heterocycles. The van der Waals surface area contributed by atoms with E-state index in [0.29, 0.717) is 17.2 Å². The molecule has 6 nitrogen and oxygen atoms in total. The monoisotopic (exact) mass is 358 g/mol. The summed E-state index contributed by atoms with van der Waals surface area (Å²) in [5, 5.41) is 23.8. The third-order valence-electron chi connectivity index (χ3n) is 3.55. The second-order valence-corrected chi connectivity index (χ2v) is 6.13. The first-order valence-electron chi connectivity index (χ1n) is 7.56. The van der Waals surface area contributed by atoms with E-state index in [1.54, 1.807) is 12.1 Å². The second-order valence-electron chi connectivity index (χ2n) is 5.72. The Bertz CT molecular complexity index is 816. The molecule has 130 valence electrons. The average molecular weight is 358 g/mol. The molecule has 0 aliphatic rings. The van der Waals surface area contributed by atoms with Crippen molar-refractivity contribution in [3.8, 4) is 5.75 Å². The van der Waals surface area contributed by atoms with Crippen molar-refractivity contribution < 1.29 is 19.8 Å². The molecule has 0 atom stereocenters. The predicted octanol–water partition coefficient (Wildman–Crippen LogP) is 3.34. The molecule has 0 radical (unpaired) electrons. The molecule has 0 aliphatic carbocycles. The van der Waals surface area contributed by atoms with Crippen molar-refractivity contribution in [1.29, 1.82) is 0 Å². The molecule has 0 spiro atoms. The lowest BCUT2D eigenvalue weighted by atomic mass is 10.0. The largest absolute Gasteiger partial charge is 0.507 e. The van der Waals surface area contributed by atoms with Gasteiger partial charge in [0.05, 0.1) is 0 Å². The van der Waals surface area contributed by atoms with Gasteiger partial charge in [0, 0.05) is 17.3 Å². The summed E-state index contributed by atoms with van der Waals surface area (Å²) in [6.07, 6.45) is 0. The number of benzene rings is 2. The predicted molar refractivity (Wildman–Crippen MR) is 99.3 cm³/mol. The molecule has 0 saturated carbocycles. The number of amides is 1. The van der Waals surface area contributed by atoms with Crippen molar-refractivity contribution in [2.24, 2.45) is 0 Å². The van der Waals surface area contributed by atoms with Crippen LogP contribution in [0.2, 0.25) is 0 Å². The minimum absolute atomic E-state index is 0.0420. The van der Waals surface area contributed by atoms with Gasteiger partial charge < -0.3 is 15.5 Å². The lowest BCUT2D eigenvalue weighted by Crippen LogP contribution is -2.34.